The predicted octanol–water partition coefficient (Wildman–Crippen LogP) is 4.56. The Kier molecular flexibility index (Phi) is 5.76. The van der Waals surface area contributed by atoms with E-state index in [9.17, 15) is 4.79 Å². The van der Waals surface area contributed by atoms with Crippen LogP contribution in [0.25, 0.3) is 0 Å². The first kappa shape index (κ1) is 14.3. The maximum absolute atomic E-state index is 11.7. The van der Waals surface area contributed by atoms with Crippen LogP contribution in [-0.2, 0) is 4.79 Å². The molecule has 94 valence electrons. The van der Waals surface area contributed by atoms with Crippen molar-refractivity contribution < 1.29 is 4.79 Å². The minimum absolute atomic E-state index is 0.174. The molecule has 0 aliphatic heterocycles. The molecule has 0 heterocycles. The minimum Gasteiger partial charge on any atom is -0.299 e. The molecule has 1 rings (SSSR count). The number of hydrogen-bond donors (Lipinski definition) is 0. The van der Waals surface area contributed by atoms with Gasteiger partial charge in [-0.3, -0.25) is 4.79 Å². The zero-order chi connectivity index (χ0) is 12.7. The van der Waals surface area contributed by atoms with E-state index in [1.54, 1.807) is 0 Å². The summed E-state index contributed by atoms with van der Waals surface area (Å²) < 4.78 is 0. The fraction of sp³-hybridized carbons (Fsp3) is 0.533. The molecule has 0 aromatic heterocycles. The lowest BCUT2D eigenvalue weighted by Crippen LogP contribution is -2.19. The highest BCUT2D eigenvalue weighted by Crippen LogP contribution is 2.21. The minimum atomic E-state index is -0.174. The zero-order valence-electron chi connectivity index (χ0n) is 11.0. The number of rotatable bonds is 6. The van der Waals surface area contributed by atoms with E-state index in [2.05, 4.69) is 24.3 Å². The molecule has 0 atom stereocenters. The summed E-state index contributed by atoms with van der Waals surface area (Å²) in [5.41, 5.74) is -0.174. The fourth-order valence-electron chi connectivity index (χ4n) is 1.47. The van der Waals surface area contributed by atoms with E-state index in [1.165, 1.54) is 4.90 Å². The predicted molar refractivity (Wildman–Crippen MR) is 75.5 cm³/mol. The average molecular weight is 250 g/mol. The summed E-state index contributed by atoms with van der Waals surface area (Å²) in [6, 6.07) is 10.4. The molecule has 0 bridgehead atoms. The number of hydrogen-bond acceptors (Lipinski definition) is 2. The van der Waals surface area contributed by atoms with E-state index in [4.69, 9.17) is 0 Å². The van der Waals surface area contributed by atoms with E-state index < -0.39 is 0 Å². The van der Waals surface area contributed by atoms with Crippen molar-refractivity contribution >= 4 is 17.5 Å². The van der Waals surface area contributed by atoms with Crippen LogP contribution in [0.5, 0.6) is 0 Å². The summed E-state index contributed by atoms with van der Waals surface area (Å²) in [6.45, 7) is 5.98. The third-order valence-electron chi connectivity index (χ3n) is 2.65. The molecule has 0 amide bonds. The van der Waals surface area contributed by atoms with Gasteiger partial charge in [0, 0.05) is 16.7 Å². The molecule has 0 radical (unpaired) electrons. The number of Topliss-reactive ketones (excluding diaryl/α,β-unsaturated/α-hetero) is 1. The van der Waals surface area contributed by atoms with E-state index in [0.717, 1.165) is 25.0 Å². The number of carbonyl (C=O) groups excluding carboxylic acids is 1. The van der Waals surface area contributed by atoms with Gasteiger partial charge in [-0.25, -0.2) is 0 Å². The Hall–Kier alpha value is -0.760. The van der Waals surface area contributed by atoms with Crippen LogP contribution in [0, 0.1) is 5.41 Å². The summed E-state index contributed by atoms with van der Waals surface area (Å²) in [7, 11) is 0. The molecule has 17 heavy (non-hydrogen) atoms. The SMILES string of the molecule is CC(C)(C)C(=O)CCCCSc1ccccc1. The molecule has 0 saturated carbocycles. The van der Waals surface area contributed by atoms with Gasteiger partial charge in [0.1, 0.15) is 5.78 Å². The first-order valence-electron chi connectivity index (χ1n) is 6.21. The second-order valence-corrected chi connectivity index (χ2v) is 6.46. The van der Waals surface area contributed by atoms with E-state index in [1.807, 2.05) is 38.6 Å². The van der Waals surface area contributed by atoms with Gasteiger partial charge in [-0.15, -0.1) is 11.8 Å². The fourth-order valence-corrected chi connectivity index (χ4v) is 2.40. The quantitative estimate of drug-likeness (QED) is 0.543. The van der Waals surface area contributed by atoms with Crippen molar-refractivity contribution in [2.45, 2.75) is 44.9 Å². The van der Waals surface area contributed by atoms with Gasteiger partial charge in [0.15, 0.2) is 0 Å². The normalized spacial score (nSPS) is 11.5. The molecule has 0 aliphatic rings. The molecule has 1 aromatic rings. The van der Waals surface area contributed by atoms with Gasteiger partial charge in [-0.1, -0.05) is 39.0 Å². The van der Waals surface area contributed by atoms with Crippen molar-refractivity contribution in [1.82, 2.24) is 0 Å². The van der Waals surface area contributed by atoms with Crippen molar-refractivity contribution in [3.05, 3.63) is 30.3 Å². The van der Waals surface area contributed by atoms with Gasteiger partial charge < -0.3 is 0 Å². The van der Waals surface area contributed by atoms with Crippen LogP contribution in [0.2, 0.25) is 0 Å². The highest BCUT2D eigenvalue weighted by molar-refractivity contribution is 7.99. The van der Waals surface area contributed by atoms with Crippen LogP contribution < -0.4 is 0 Å². The van der Waals surface area contributed by atoms with E-state index in [0.29, 0.717) is 5.78 Å². The van der Waals surface area contributed by atoms with Crippen LogP contribution in [0.3, 0.4) is 0 Å². The van der Waals surface area contributed by atoms with Gasteiger partial charge in [0.05, 0.1) is 0 Å². The molecule has 0 saturated heterocycles. The van der Waals surface area contributed by atoms with Crippen LogP contribution in [-0.4, -0.2) is 11.5 Å². The van der Waals surface area contributed by atoms with E-state index in [-0.39, 0.29) is 5.41 Å². The Morgan fingerprint density at radius 1 is 1.12 bits per heavy atom. The van der Waals surface area contributed by atoms with Gasteiger partial charge >= 0.3 is 0 Å². The number of thioether (sulfide) groups is 1. The Labute approximate surface area is 109 Å². The first-order valence-corrected chi connectivity index (χ1v) is 7.20. The van der Waals surface area contributed by atoms with Crippen molar-refractivity contribution in [2.24, 2.45) is 5.41 Å². The zero-order valence-corrected chi connectivity index (χ0v) is 11.8. The highest BCUT2D eigenvalue weighted by Gasteiger charge is 2.19. The lowest BCUT2D eigenvalue weighted by atomic mass is 9.88. The molecular weight excluding hydrogens is 228 g/mol. The van der Waals surface area contributed by atoms with Crippen molar-refractivity contribution in [2.75, 3.05) is 5.75 Å². The summed E-state index contributed by atoms with van der Waals surface area (Å²) >= 11 is 1.87. The molecule has 0 spiro atoms. The first-order chi connectivity index (χ1) is 8.00. The van der Waals surface area contributed by atoms with Crippen LogP contribution in [0.4, 0.5) is 0 Å². The molecular formula is C15H22OS. The van der Waals surface area contributed by atoms with E-state index >= 15 is 0 Å². The van der Waals surface area contributed by atoms with Crippen LogP contribution in [0.1, 0.15) is 40.0 Å². The molecule has 0 aliphatic carbocycles. The lowest BCUT2D eigenvalue weighted by Gasteiger charge is -2.16. The topological polar surface area (TPSA) is 17.1 Å². The Bertz CT molecular complexity index is 338. The Balaban J connectivity index is 2.12. The number of ketones is 1. The van der Waals surface area contributed by atoms with Crippen molar-refractivity contribution in [3.63, 3.8) is 0 Å². The molecule has 2 heteroatoms. The van der Waals surface area contributed by atoms with Crippen LogP contribution >= 0.6 is 11.8 Å². The number of carbonyl (C=O) groups is 1. The monoisotopic (exact) mass is 250 g/mol. The van der Waals surface area contributed by atoms with Gasteiger partial charge in [0.2, 0.25) is 0 Å². The smallest absolute Gasteiger partial charge is 0.138 e. The summed E-state index contributed by atoms with van der Waals surface area (Å²) in [4.78, 5) is 13.0. The number of benzene rings is 1. The second-order valence-electron chi connectivity index (χ2n) is 5.29. The highest BCUT2D eigenvalue weighted by atomic mass is 32.2. The maximum Gasteiger partial charge on any atom is 0.138 e. The summed E-state index contributed by atoms with van der Waals surface area (Å²) in [5.74, 6) is 1.48. The average Bonchev–Trinajstić information content (AvgIpc) is 2.28. The van der Waals surface area contributed by atoms with Crippen molar-refractivity contribution in [3.8, 4) is 0 Å². The largest absolute Gasteiger partial charge is 0.299 e. The molecule has 0 unspecified atom stereocenters. The molecule has 0 N–H and O–H groups in total. The Morgan fingerprint density at radius 3 is 2.35 bits per heavy atom. The second kappa shape index (κ2) is 6.85. The lowest BCUT2D eigenvalue weighted by molar-refractivity contribution is -0.126. The van der Waals surface area contributed by atoms with Gasteiger partial charge in [-0.2, -0.15) is 0 Å². The summed E-state index contributed by atoms with van der Waals surface area (Å²) in [5, 5.41) is 0. The molecule has 0 fully saturated rings. The maximum atomic E-state index is 11.7. The van der Waals surface area contributed by atoms with Gasteiger partial charge in [0.25, 0.3) is 0 Å². The molecule has 1 nitrogen and oxygen atoms in total. The Morgan fingerprint density at radius 2 is 1.76 bits per heavy atom. The number of unbranched alkanes of at least 4 members (excludes halogenated alkanes) is 1. The third-order valence-corrected chi connectivity index (χ3v) is 3.74. The molecule has 1 aromatic carbocycles. The van der Waals surface area contributed by atoms with Gasteiger partial charge in [-0.05, 0) is 30.7 Å². The standard InChI is InChI=1S/C15H22OS/c1-15(2,3)14(16)11-7-8-12-17-13-9-5-4-6-10-13/h4-6,9-10H,7-8,11-12H2,1-3H3. The summed E-state index contributed by atoms with van der Waals surface area (Å²) in [6.07, 6.45) is 2.84. The van der Waals surface area contributed by atoms with Crippen molar-refractivity contribution in [1.29, 1.82) is 0 Å². The third kappa shape index (κ3) is 5.92. The van der Waals surface area contributed by atoms with Crippen LogP contribution in [0.15, 0.2) is 35.2 Å².